The Morgan fingerprint density at radius 1 is 0.571 bits per heavy atom. The molecule has 0 rings (SSSR count). The van der Waals surface area contributed by atoms with Gasteiger partial charge < -0.3 is 38.3 Å². The first kappa shape index (κ1) is 42.4. The zero-order valence-corrected chi connectivity index (χ0v) is 23.1. The number of esters is 4. The summed E-state index contributed by atoms with van der Waals surface area (Å²) in [6, 6.07) is 0. The minimum Gasteiger partial charge on any atom is -0.549 e. The highest BCUT2D eigenvalue weighted by molar-refractivity contribution is 5.75. The van der Waals surface area contributed by atoms with Crippen molar-refractivity contribution in [2.24, 2.45) is 5.41 Å². The summed E-state index contributed by atoms with van der Waals surface area (Å²) in [6.45, 7) is 7.25. The number of aliphatic carboxylic acids is 1. The van der Waals surface area contributed by atoms with Crippen molar-refractivity contribution < 1.29 is 57.5 Å². The molecular formula is C23H45O12-. The van der Waals surface area contributed by atoms with Crippen molar-refractivity contribution >= 4 is 29.8 Å². The van der Waals surface area contributed by atoms with Gasteiger partial charge in [-0.3, -0.25) is 19.2 Å². The number of rotatable bonds is 9. The SMILES string of the molecule is CCC(=O)OC.CCC(=O)OC.CCC(=O)OCC(C)(COC(=O)CC)C(=O)[O-].COC.COC. The van der Waals surface area contributed by atoms with E-state index in [1.807, 2.05) is 0 Å². The summed E-state index contributed by atoms with van der Waals surface area (Å²) in [7, 11) is 9.26. The first-order valence-corrected chi connectivity index (χ1v) is 10.8. The fraction of sp³-hybridized carbons (Fsp3) is 0.783. The predicted molar refractivity (Wildman–Crippen MR) is 126 cm³/mol. The average molecular weight is 514 g/mol. The van der Waals surface area contributed by atoms with E-state index in [-0.39, 0.29) is 38.0 Å². The van der Waals surface area contributed by atoms with Gasteiger partial charge >= 0.3 is 23.9 Å². The number of carboxylic acids is 1. The average Bonchev–Trinajstić information content (AvgIpc) is 2.86. The highest BCUT2D eigenvalue weighted by Gasteiger charge is 2.30. The molecule has 12 nitrogen and oxygen atoms in total. The summed E-state index contributed by atoms with van der Waals surface area (Å²) in [5.74, 6) is -2.77. The Labute approximate surface area is 209 Å². The molecule has 0 amide bonds. The highest BCUT2D eigenvalue weighted by Crippen LogP contribution is 2.17. The molecule has 0 radical (unpaired) electrons. The Hall–Kier alpha value is -2.73. The fourth-order valence-corrected chi connectivity index (χ4v) is 1.13. The molecule has 0 saturated carbocycles. The standard InChI is InChI=1S/C11H18O6.2C4H8O2.2C2H6O/c1-4-8(12)16-6-11(3,10(14)15)7-17-9(13)5-2;2*1-3-4(5)6-2;2*1-3-2/h4-7H2,1-3H3,(H,14,15);2*3H2,1-2H3;2*1-2H3/p-1. The molecule has 0 aromatic heterocycles. The summed E-state index contributed by atoms with van der Waals surface area (Å²) < 4.78 is 26.5. The number of hydrogen-bond donors (Lipinski definition) is 0. The van der Waals surface area contributed by atoms with Crippen LogP contribution in [0.25, 0.3) is 0 Å². The van der Waals surface area contributed by atoms with Crippen molar-refractivity contribution in [1.29, 1.82) is 0 Å². The Kier molecular flexibility index (Phi) is 37.9. The molecule has 0 spiro atoms. The summed E-state index contributed by atoms with van der Waals surface area (Å²) in [5.41, 5.74) is -1.52. The van der Waals surface area contributed by atoms with E-state index in [1.54, 1.807) is 56.1 Å². The van der Waals surface area contributed by atoms with Crippen LogP contribution in [0.2, 0.25) is 0 Å². The first-order chi connectivity index (χ1) is 16.3. The number of hydrogen-bond acceptors (Lipinski definition) is 12. The van der Waals surface area contributed by atoms with Gasteiger partial charge in [-0.1, -0.05) is 27.7 Å². The maximum Gasteiger partial charge on any atom is 0.305 e. The molecule has 0 aliphatic rings. The van der Waals surface area contributed by atoms with Crippen LogP contribution >= 0.6 is 0 Å². The summed E-state index contributed by atoms with van der Waals surface area (Å²) in [4.78, 5) is 52.7. The van der Waals surface area contributed by atoms with E-state index < -0.39 is 23.3 Å². The second kappa shape index (κ2) is 31.3. The number of methoxy groups -OCH3 is 4. The third kappa shape index (κ3) is 36.0. The van der Waals surface area contributed by atoms with Gasteiger partial charge in [0, 0.05) is 54.1 Å². The maximum absolute atomic E-state index is 10.9. The molecule has 12 heteroatoms. The quantitative estimate of drug-likeness (QED) is 0.321. The third-order valence-electron chi connectivity index (χ3n) is 3.21. The number of carbonyl (C=O) groups is 5. The smallest absolute Gasteiger partial charge is 0.305 e. The number of carbonyl (C=O) groups excluding carboxylic acids is 5. The van der Waals surface area contributed by atoms with E-state index in [4.69, 9.17) is 9.47 Å². The van der Waals surface area contributed by atoms with E-state index in [0.717, 1.165) is 0 Å². The van der Waals surface area contributed by atoms with Crippen molar-refractivity contribution in [3.05, 3.63) is 0 Å². The van der Waals surface area contributed by atoms with Crippen molar-refractivity contribution in [3.8, 4) is 0 Å². The van der Waals surface area contributed by atoms with E-state index in [2.05, 4.69) is 18.9 Å². The molecule has 0 unspecified atom stereocenters. The van der Waals surface area contributed by atoms with E-state index in [9.17, 15) is 29.1 Å². The van der Waals surface area contributed by atoms with Gasteiger partial charge in [0.2, 0.25) is 0 Å². The lowest BCUT2D eigenvalue weighted by molar-refractivity contribution is -0.321. The molecule has 0 atom stereocenters. The lowest BCUT2D eigenvalue weighted by atomic mass is 9.93. The zero-order valence-electron chi connectivity index (χ0n) is 23.1. The van der Waals surface area contributed by atoms with Crippen molar-refractivity contribution in [3.63, 3.8) is 0 Å². The Bertz CT molecular complexity index is 497. The topological polar surface area (TPSA) is 164 Å². The van der Waals surface area contributed by atoms with E-state index in [1.165, 1.54) is 21.1 Å². The molecular weight excluding hydrogens is 468 g/mol. The van der Waals surface area contributed by atoms with Crippen LogP contribution in [0, 0.1) is 5.41 Å². The summed E-state index contributed by atoms with van der Waals surface area (Å²) in [6.07, 6.45) is 1.24. The minimum atomic E-state index is -1.52. The van der Waals surface area contributed by atoms with Crippen LogP contribution in [-0.2, 0) is 52.4 Å². The van der Waals surface area contributed by atoms with Crippen LogP contribution in [0.5, 0.6) is 0 Å². The maximum atomic E-state index is 10.9. The van der Waals surface area contributed by atoms with Gasteiger partial charge in [-0.15, -0.1) is 0 Å². The minimum absolute atomic E-state index is 0.151. The first-order valence-electron chi connectivity index (χ1n) is 10.8. The Morgan fingerprint density at radius 3 is 0.914 bits per heavy atom. The summed E-state index contributed by atoms with van der Waals surface area (Å²) in [5, 5.41) is 10.9. The normalized spacial score (nSPS) is 8.89. The second-order valence-corrected chi connectivity index (χ2v) is 6.55. The molecule has 35 heavy (non-hydrogen) atoms. The van der Waals surface area contributed by atoms with Crippen molar-refractivity contribution in [2.75, 3.05) is 55.9 Å². The second-order valence-electron chi connectivity index (χ2n) is 6.55. The molecule has 0 aromatic carbocycles. The monoisotopic (exact) mass is 513 g/mol. The van der Waals surface area contributed by atoms with Gasteiger partial charge in [-0.2, -0.15) is 0 Å². The molecule has 0 heterocycles. The molecule has 0 bridgehead atoms. The van der Waals surface area contributed by atoms with Crippen molar-refractivity contribution in [2.45, 2.75) is 60.3 Å². The molecule has 0 saturated heterocycles. The molecule has 0 aliphatic carbocycles. The van der Waals surface area contributed by atoms with Gasteiger partial charge in [-0.25, -0.2) is 0 Å². The van der Waals surface area contributed by atoms with Crippen LogP contribution in [0.4, 0.5) is 0 Å². The summed E-state index contributed by atoms with van der Waals surface area (Å²) >= 11 is 0. The molecule has 0 aliphatic heterocycles. The number of carboxylic acid groups (broad SMARTS) is 1. The van der Waals surface area contributed by atoms with Crippen LogP contribution in [0.1, 0.15) is 60.3 Å². The van der Waals surface area contributed by atoms with Crippen LogP contribution in [0.15, 0.2) is 0 Å². The van der Waals surface area contributed by atoms with Gasteiger partial charge in [0.15, 0.2) is 0 Å². The Morgan fingerprint density at radius 2 is 0.800 bits per heavy atom. The third-order valence-corrected chi connectivity index (χ3v) is 3.21. The van der Waals surface area contributed by atoms with Gasteiger partial charge in [0.1, 0.15) is 13.2 Å². The zero-order chi connectivity index (χ0) is 28.9. The molecule has 0 fully saturated rings. The van der Waals surface area contributed by atoms with Gasteiger partial charge in [-0.05, 0) is 6.92 Å². The largest absolute Gasteiger partial charge is 0.549 e. The Balaban J connectivity index is -0.000000136. The molecule has 0 aromatic rings. The van der Waals surface area contributed by atoms with E-state index in [0.29, 0.717) is 12.8 Å². The van der Waals surface area contributed by atoms with Crippen molar-refractivity contribution in [1.82, 2.24) is 0 Å². The molecule has 0 N–H and O–H groups in total. The van der Waals surface area contributed by atoms with E-state index >= 15 is 0 Å². The lowest BCUT2D eigenvalue weighted by Crippen LogP contribution is -2.47. The van der Waals surface area contributed by atoms with Gasteiger partial charge in [0.05, 0.1) is 25.6 Å². The number of ether oxygens (including phenoxy) is 6. The van der Waals surface area contributed by atoms with Crippen LogP contribution in [-0.4, -0.2) is 85.7 Å². The predicted octanol–water partition coefficient (Wildman–Crippen LogP) is 1.31. The fourth-order valence-electron chi connectivity index (χ4n) is 1.13. The van der Waals surface area contributed by atoms with Crippen LogP contribution in [0.3, 0.4) is 0 Å². The van der Waals surface area contributed by atoms with Crippen LogP contribution < -0.4 is 5.11 Å². The lowest BCUT2D eigenvalue weighted by Gasteiger charge is -2.29. The molecule has 210 valence electrons. The van der Waals surface area contributed by atoms with Gasteiger partial charge in [0.25, 0.3) is 0 Å². The highest BCUT2D eigenvalue weighted by atomic mass is 16.6.